The van der Waals surface area contributed by atoms with E-state index in [4.69, 9.17) is 4.74 Å². The number of nitrogens with one attached hydrogen (secondary N) is 1. The van der Waals surface area contributed by atoms with Gasteiger partial charge in [-0.15, -0.1) is 0 Å². The second-order valence-electron chi connectivity index (χ2n) is 6.89. The first-order valence-electron chi connectivity index (χ1n) is 8.26. The highest BCUT2D eigenvalue weighted by Gasteiger charge is 2.18. The van der Waals surface area contributed by atoms with Crippen molar-refractivity contribution in [2.45, 2.75) is 50.3 Å². The molecule has 5 nitrogen and oxygen atoms in total. The molecule has 0 atom stereocenters. The quantitative estimate of drug-likeness (QED) is 0.691. The summed E-state index contributed by atoms with van der Waals surface area (Å²) in [5, 5.41) is 2.74. The largest absolute Gasteiger partial charge is 0.385 e. The van der Waals surface area contributed by atoms with E-state index in [-0.39, 0.29) is 28.4 Å². The maximum absolute atomic E-state index is 12.3. The van der Waals surface area contributed by atoms with Crippen LogP contribution in [0.3, 0.4) is 0 Å². The zero-order valence-corrected chi connectivity index (χ0v) is 15.9. The average molecular weight is 356 g/mol. The highest BCUT2D eigenvalue weighted by atomic mass is 32.2. The summed E-state index contributed by atoms with van der Waals surface area (Å²) >= 11 is 0. The number of rotatable bonds is 9. The van der Waals surface area contributed by atoms with Crippen molar-refractivity contribution in [3.63, 3.8) is 0 Å². The number of ether oxygens (including phenoxy) is 1. The van der Waals surface area contributed by atoms with Crippen LogP contribution in [-0.4, -0.2) is 40.3 Å². The number of methoxy groups -OCH3 is 1. The SMILES string of the molecule is COCCCCNC(=O)CCS(=O)(=O)c1ccc(C(C)(C)C)cc1. The molecule has 0 saturated heterocycles. The van der Waals surface area contributed by atoms with Crippen molar-refractivity contribution < 1.29 is 17.9 Å². The zero-order chi connectivity index (χ0) is 18.2. The Morgan fingerprint density at radius 1 is 1.12 bits per heavy atom. The molecule has 0 aliphatic heterocycles. The molecule has 24 heavy (non-hydrogen) atoms. The number of unbranched alkanes of at least 4 members (excludes halogenated alkanes) is 1. The van der Waals surface area contributed by atoms with Gasteiger partial charge in [-0.2, -0.15) is 0 Å². The van der Waals surface area contributed by atoms with Crippen LogP contribution in [-0.2, 0) is 24.8 Å². The van der Waals surface area contributed by atoms with Gasteiger partial charge in [-0.25, -0.2) is 8.42 Å². The minimum atomic E-state index is -3.44. The van der Waals surface area contributed by atoms with E-state index in [9.17, 15) is 13.2 Å². The highest BCUT2D eigenvalue weighted by molar-refractivity contribution is 7.91. The summed E-state index contributed by atoms with van der Waals surface area (Å²) in [4.78, 5) is 12.0. The van der Waals surface area contributed by atoms with E-state index < -0.39 is 9.84 Å². The van der Waals surface area contributed by atoms with Crippen LogP contribution in [0.5, 0.6) is 0 Å². The van der Waals surface area contributed by atoms with Gasteiger partial charge in [-0.1, -0.05) is 32.9 Å². The molecule has 0 aliphatic carbocycles. The zero-order valence-electron chi connectivity index (χ0n) is 15.1. The van der Waals surface area contributed by atoms with E-state index in [1.54, 1.807) is 19.2 Å². The molecule has 1 rings (SSSR count). The van der Waals surface area contributed by atoms with Crippen molar-refractivity contribution >= 4 is 15.7 Å². The van der Waals surface area contributed by atoms with Crippen molar-refractivity contribution in [3.8, 4) is 0 Å². The molecule has 0 heterocycles. The molecular formula is C18H29NO4S. The lowest BCUT2D eigenvalue weighted by atomic mass is 9.87. The molecule has 1 aromatic rings. The van der Waals surface area contributed by atoms with Crippen LogP contribution in [0, 0.1) is 0 Å². The van der Waals surface area contributed by atoms with Crippen LogP contribution in [0.25, 0.3) is 0 Å². The lowest BCUT2D eigenvalue weighted by molar-refractivity contribution is -0.120. The Morgan fingerprint density at radius 2 is 1.75 bits per heavy atom. The molecule has 1 N–H and O–H groups in total. The number of hydrogen-bond donors (Lipinski definition) is 1. The third-order valence-electron chi connectivity index (χ3n) is 3.77. The van der Waals surface area contributed by atoms with Crippen LogP contribution in [0.15, 0.2) is 29.2 Å². The molecule has 0 saturated carbocycles. The monoisotopic (exact) mass is 355 g/mol. The summed E-state index contributed by atoms with van der Waals surface area (Å²) in [6.07, 6.45) is 1.67. The van der Waals surface area contributed by atoms with Crippen molar-refractivity contribution in [2.24, 2.45) is 0 Å². The molecule has 1 aromatic carbocycles. The van der Waals surface area contributed by atoms with Crippen LogP contribution in [0.4, 0.5) is 0 Å². The third kappa shape index (κ3) is 7.01. The Labute approximate surface area is 145 Å². The predicted molar refractivity (Wildman–Crippen MR) is 95.9 cm³/mol. The smallest absolute Gasteiger partial charge is 0.221 e. The fourth-order valence-corrected chi connectivity index (χ4v) is 3.44. The van der Waals surface area contributed by atoms with Crippen LogP contribution < -0.4 is 5.32 Å². The van der Waals surface area contributed by atoms with E-state index >= 15 is 0 Å². The first kappa shape index (κ1) is 20.6. The number of amides is 1. The number of carbonyl (C=O) groups is 1. The Balaban J connectivity index is 2.50. The van der Waals surface area contributed by atoms with E-state index in [0.29, 0.717) is 13.2 Å². The number of benzene rings is 1. The van der Waals surface area contributed by atoms with Gasteiger partial charge in [0, 0.05) is 26.7 Å². The maximum atomic E-state index is 12.3. The van der Waals surface area contributed by atoms with Gasteiger partial charge in [0.1, 0.15) is 0 Å². The summed E-state index contributed by atoms with van der Waals surface area (Å²) in [7, 11) is -1.80. The van der Waals surface area contributed by atoms with Gasteiger partial charge >= 0.3 is 0 Å². The second kappa shape index (κ2) is 9.18. The van der Waals surface area contributed by atoms with E-state index in [1.807, 2.05) is 12.1 Å². The fourth-order valence-electron chi connectivity index (χ4n) is 2.19. The Kier molecular flexibility index (Phi) is 7.90. The lowest BCUT2D eigenvalue weighted by Crippen LogP contribution is -2.26. The molecule has 0 bridgehead atoms. The minimum Gasteiger partial charge on any atom is -0.385 e. The van der Waals surface area contributed by atoms with Gasteiger partial charge in [-0.3, -0.25) is 4.79 Å². The van der Waals surface area contributed by atoms with Gasteiger partial charge in [0.2, 0.25) is 5.91 Å². The van der Waals surface area contributed by atoms with Gasteiger partial charge in [0.05, 0.1) is 10.6 Å². The van der Waals surface area contributed by atoms with Crippen molar-refractivity contribution in [2.75, 3.05) is 26.0 Å². The Morgan fingerprint density at radius 3 is 2.29 bits per heavy atom. The highest BCUT2D eigenvalue weighted by Crippen LogP contribution is 2.23. The Bertz CT molecular complexity index is 615. The standard InChI is InChI=1S/C18H29NO4S/c1-18(2,3)15-7-9-16(10-8-15)24(21,22)14-11-17(20)19-12-5-6-13-23-4/h7-10H,5-6,11-14H2,1-4H3,(H,19,20). The molecule has 0 aromatic heterocycles. The Hall–Kier alpha value is -1.40. The molecule has 1 amide bonds. The molecular weight excluding hydrogens is 326 g/mol. The minimum absolute atomic E-state index is 0.0202. The van der Waals surface area contributed by atoms with Gasteiger partial charge in [0.15, 0.2) is 9.84 Å². The number of hydrogen-bond acceptors (Lipinski definition) is 4. The van der Waals surface area contributed by atoms with Crippen LogP contribution in [0.2, 0.25) is 0 Å². The normalized spacial score (nSPS) is 12.2. The van der Waals surface area contributed by atoms with E-state index in [2.05, 4.69) is 26.1 Å². The first-order chi connectivity index (χ1) is 11.2. The fraction of sp³-hybridized carbons (Fsp3) is 0.611. The van der Waals surface area contributed by atoms with Gasteiger partial charge < -0.3 is 10.1 Å². The van der Waals surface area contributed by atoms with Gasteiger partial charge in [-0.05, 0) is 36.0 Å². The molecule has 6 heteroatoms. The number of sulfone groups is 1. The van der Waals surface area contributed by atoms with E-state index in [0.717, 1.165) is 18.4 Å². The van der Waals surface area contributed by atoms with Crippen molar-refractivity contribution in [1.29, 1.82) is 0 Å². The summed E-state index contributed by atoms with van der Waals surface area (Å²) in [5.41, 5.74) is 1.06. The molecule has 0 spiro atoms. The average Bonchev–Trinajstić information content (AvgIpc) is 2.52. The van der Waals surface area contributed by atoms with Crippen molar-refractivity contribution in [1.82, 2.24) is 5.32 Å². The molecule has 0 radical (unpaired) electrons. The summed E-state index contributed by atoms with van der Waals surface area (Å²) in [6.45, 7) is 7.44. The molecule has 0 unspecified atom stereocenters. The second-order valence-corrected chi connectivity index (χ2v) is 9.00. The summed E-state index contributed by atoms with van der Waals surface area (Å²) in [5.74, 6) is -0.409. The number of carbonyl (C=O) groups excluding carboxylic acids is 1. The van der Waals surface area contributed by atoms with Crippen molar-refractivity contribution in [3.05, 3.63) is 29.8 Å². The van der Waals surface area contributed by atoms with Crippen LogP contribution >= 0.6 is 0 Å². The first-order valence-corrected chi connectivity index (χ1v) is 9.91. The van der Waals surface area contributed by atoms with Gasteiger partial charge in [0.25, 0.3) is 0 Å². The van der Waals surface area contributed by atoms with Crippen LogP contribution in [0.1, 0.15) is 45.6 Å². The lowest BCUT2D eigenvalue weighted by Gasteiger charge is -2.19. The third-order valence-corrected chi connectivity index (χ3v) is 5.51. The molecule has 136 valence electrons. The summed E-state index contributed by atoms with van der Waals surface area (Å²) < 4.78 is 29.6. The topological polar surface area (TPSA) is 72.5 Å². The predicted octanol–water partition coefficient (Wildman–Crippen LogP) is 2.69. The molecule has 0 fully saturated rings. The van der Waals surface area contributed by atoms with E-state index in [1.165, 1.54) is 0 Å². The summed E-state index contributed by atoms with van der Waals surface area (Å²) in [6, 6.07) is 6.92. The maximum Gasteiger partial charge on any atom is 0.221 e. The molecule has 0 aliphatic rings.